The van der Waals surface area contributed by atoms with Crippen LogP contribution in [0.15, 0.2) is 102 Å². The van der Waals surface area contributed by atoms with Crippen molar-refractivity contribution in [2.24, 2.45) is 5.10 Å². The van der Waals surface area contributed by atoms with E-state index in [-0.39, 0.29) is 12.5 Å². The Morgan fingerprint density at radius 1 is 0.710 bits per heavy atom. The first-order chi connectivity index (χ1) is 15.3. The molecular weight excluding hydrogens is 382 g/mol. The summed E-state index contributed by atoms with van der Waals surface area (Å²) in [5, 5.41) is 14.2. The minimum atomic E-state index is -0.200. The Morgan fingerprint density at radius 2 is 1.32 bits per heavy atom. The Bertz CT molecular complexity index is 1380. The van der Waals surface area contributed by atoms with Crippen LogP contribution in [0.3, 0.4) is 0 Å². The van der Waals surface area contributed by atoms with Crippen LogP contribution >= 0.6 is 0 Å². The van der Waals surface area contributed by atoms with E-state index in [0.717, 1.165) is 38.2 Å². The number of carbonyl (C=O) groups is 1. The van der Waals surface area contributed by atoms with Crippen LogP contribution < -0.4 is 10.7 Å². The summed E-state index contributed by atoms with van der Waals surface area (Å²) in [5.41, 5.74) is 4.53. The quantitative estimate of drug-likeness (QED) is 0.224. The lowest BCUT2D eigenvalue weighted by Crippen LogP contribution is -2.25. The lowest BCUT2D eigenvalue weighted by atomic mass is 9.97. The average Bonchev–Trinajstić information content (AvgIpc) is 2.82. The average molecular weight is 403 g/mol. The molecule has 0 bridgehead atoms. The molecule has 0 aromatic heterocycles. The molecule has 0 aliphatic carbocycles. The molecule has 0 radical (unpaired) electrons. The maximum absolute atomic E-state index is 12.3. The van der Waals surface area contributed by atoms with Gasteiger partial charge in [-0.25, -0.2) is 5.43 Å². The number of nitrogens with one attached hydrogen (secondary N) is 2. The molecule has 1 amide bonds. The van der Waals surface area contributed by atoms with Gasteiger partial charge in [0.2, 0.25) is 0 Å². The fraction of sp³-hybridized carbons (Fsp3) is 0.0370. The standard InChI is InChI=1S/C27H21N3O/c31-27(18-28-23-14-13-19-7-1-2-8-20(19)16-23)30-29-17-26-24-11-5-3-9-21(24)15-22-10-4-6-12-25(22)26/h1-17,28H,18H2,(H,30,31). The van der Waals surface area contributed by atoms with Gasteiger partial charge in [-0.3, -0.25) is 4.79 Å². The van der Waals surface area contributed by atoms with Gasteiger partial charge in [-0.1, -0.05) is 78.9 Å². The molecule has 31 heavy (non-hydrogen) atoms. The zero-order chi connectivity index (χ0) is 21.0. The maximum atomic E-state index is 12.3. The van der Waals surface area contributed by atoms with Gasteiger partial charge in [0.1, 0.15) is 0 Å². The molecule has 5 aromatic rings. The van der Waals surface area contributed by atoms with Gasteiger partial charge in [0.15, 0.2) is 0 Å². The predicted octanol–water partition coefficient (Wildman–Crippen LogP) is 5.71. The van der Waals surface area contributed by atoms with E-state index in [1.807, 2.05) is 54.6 Å². The molecule has 0 saturated carbocycles. The zero-order valence-electron chi connectivity index (χ0n) is 16.9. The highest BCUT2D eigenvalue weighted by atomic mass is 16.2. The molecule has 0 fully saturated rings. The third kappa shape index (κ3) is 3.96. The fourth-order valence-corrected chi connectivity index (χ4v) is 3.88. The summed E-state index contributed by atoms with van der Waals surface area (Å²) in [6.07, 6.45) is 1.73. The number of hydrogen-bond donors (Lipinski definition) is 2. The van der Waals surface area contributed by atoms with Crippen LogP contribution in [-0.2, 0) is 4.79 Å². The van der Waals surface area contributed by atoms with Crippen LogP contribution in [0.2, 0.25) is 0 Å². The Hall–Kier alpha value is -4.18. The van der Waals surface area contributed by atoms with E-state index < -0.39 is 0 Å². The van der Waals surface area contributed by atoms with Crippen molar-refractivity contribution in [2.75, 3.05) is 11.9 Å². The van der Waals surface area contributed by atoms with Crippen molar-refractivity contribution in [1.29, 1.82) is 0 Å². The maximum Gasteiger partial charge on any atom is 0.259 e. The molecule has 0 aliphatic heterocycles. The van der Waals surface area contributed by atoms with E-state index in [0.29, 0.717) is 0 Å². The van der Waals surface area contributed by atoms with Gasteiger partial charge >= 0.3 is 0 Å². The van der Waals surface area contributed by atoms with E-state index in [9.17, 15) is 4.79 Å². The number of hydrazone groups is 1. The zero-order valence-corrected chi connectivity index (χ0v) is 16.9. The summed E-state index contributed by atoms with van der Waals surface area (Å²) in [5.74, 6) is -0.200. The van der Waals surface area contributed by atoms with E-state index >= 15 is 0 Å². The Kier molecular flexibility index (Phi) is 5.03. The van der Waals surface area contributed by atoms with Crippen LogP contribution in [-0.4, -0.2) is 18.7 Å². The summed E-state index contributed by atoms with van der Waals surface area (Å²) in [7, 11) is 0. The summed E-state index contributed by atoms with van der Waals surface area (Å²) in [6, 6.07) is 32.8. The Morgan fingerprint density at radius 3 is 2.03 bits per heavy atom. The molecular formula is C27H21N3O. The molecule has 0 heterocycles. The number of rotatable bonds is 5. The van der Waals surface area contributed by atoms with Gasteiger partial charge in [0.05, 0.1) is 12.8 Å². The van der Waals surface area contributed by atoms with Gasteiger partial charge in [-0.2, -0.15) is 5.10 Å². The number of hydrogen-bond acceptors (Lipinski definition) is 3. The normalized spacial score (nSPS) is 11.4. The lowest BCUT2D eigenvalue weighted by Gasteiger charge is -2.08. The largest absolute Gasteiger partial charge is 0.376 e. The SMILES string of the molecule is O=C(CNc1ccc2ccccc2c1)NN=Cc1c2ccccc2cc2ccccc12. The summed E-state index contributed by atoms with van der Waals surface area (Å²) < 4.78 is 0. The van der Waals surface area contributed by atoms with Gasteiger partial charge in [-0.05, 0) is 50.5 Å². The van der Waals surface area contributed by atoms with E-state index in [4.69, 9.17) is 0 Å². The molecule has 0 saturated heterocycles. The van der Waals surface area contributed by atoms with E-state index in [1.165, 1.54) is 5.39 Å². The Labute approximate surface area is 180 Å². The van der Waals surface area contributed by atoms with Crippen molar-refractivity contribution in [3.63, 3.8) is 0 Å². The van der Waals surface area contributed by atoms with Gasteiger partial charge in [0, 0.05) is 11.3 Å². The van der Waals surface area contributed by atoms with Gasteiger partial charge < -0.3 is 5.32 Å². The van der Waals surface area contributed by atoms with Crippen molar-refractivity contribution < 1.29 is 4.79 Å². The second kappa shape index (κ2) is 8.28. The number of amides is 1. The monoisotopic (exact) mass is 403 g/mol. The van der Waals surface area contributed by atoms with Crippen LogP contribution in [0.4, 0.5) is 5.69 Å². The smallest absolute Gasteiger partial charge is 0.259 e. The summed E-state index contributed by atoms with van der Waals surface area (Å²) >= 11 is 0. The first kappa shape index (κ1) is 18.8. The fourth-order valence-electron chi connectivity index (χ4n) is 3.88. The molecule has 4 heteroatoms. The van der Waals surface area contributed by atoms with Crippen molar-refractivity contribution in [3.05, 3.63) is 103 Å². The van der Waals surface area contributed by atoms with Gasteiger partial charge in [0.25, 0.3) is 5.91 Å². The number of fused-ring (bicyclic) bond motifs is 3. The van der Waals surface area contributed by atoms with Crippen LogP contribution in [0.1, 0.15) is 5.56 Å². The predicted molar refractivity (Wildman–Crippen MR) is 130 cm³/mol. The highest BCUT2D eigenvalue weighted by Gasteiger charge is 2.06. The minimum Gasteiger partial charge on any atom is -0.376 e. The molecule has 0 atom stereocenters. The molecule has 0 aliphatic rings. The second-order valence-corrected chi connectivity index (χ2v) is 7.44. The van der Waals surface area contributed by atoms with Crippen LogP contribution in [0, 0.1) is 0 Å². The summed E-state index contributed by atoms with van der Waals surface area (Å²) in [4.78, 5) is 12.3. The summed E-state index contributed by atoms with van der Waals surface area (Å²) in [6.45, 7) is 0.145. The first-order valence-electron chi connectivity index (χ1n) is 10.2. The topological polar surface area (TPSA) is 53.5 Å². The molecule has 150 valence electrons. The lowest BCUT2D eigenvalue weighted by molar-refractivity contribution is -0.119. The second-order valence-electron chi connectivity index (χ2n) is 7.44. The third-order valence-electron chi connectivity index (χ3n) is 5.40. The number of anilines is 1. The number of carbonyl (C=O) groups excluding carboxylic acids is 1. The van der Waals surface area contributed by atoms with E-state index in [1.54, 1.807) is 6.21 Å². The van der Waals surface area contributed by atoms with Crippen LogP contribution in [0.5, 0.6) is 0 Å². The molecule has 0 unspecified atom stereocenters. The number of nitrogens with zero attached hydrogens (tertiary/aromatic N) is 1. The molecule has 5 aromatic carbocycles. The molecule has 0 spiro atoms. The third-order valence-corrected chi connectivity index (χ3v) is 5.40. The highest BCUT2D eigenvalue weighted by molar-refractivity contribution is 6.13. The highest BCUT2D eigenvalue weighted by Crippen LogP contribution is 2.27. The van der Waals surface area contributed by atoms with E-state index in [2.05, 4.69) is 58.3 Å². The van der Waals surface area contributed by atoms with Crippen molar-refractivity contribution >= 4 is 50.1 Å². The van der Waals surface area contributed by atoms with Crippen molar-refractivity contribution in [1.82, 2.24) is 5.43 Å². The molecule has 4 nitrogen and oxygen atoms in total. The number of benzene rings is 5. The molecule has 5 rings (SSSR count). The van der Waals surface area contributed by atoms with Gasteiger partial charge in [-0.15, -0.1) is 0 Å². The molecule has 2 N–H and O–H groups in total. The minimum absolute atomic E-state index is 0.145. The van der Waals surface area contributed by atoms with Crippen molar-refractivity contribution in [3.8, 4) is 0 Å². The first-order valence-corrected chi connectivity index (χ1v) is 10.2. The Balaban J connectivity index is 1.31. The van der Waals surface area contributed by atoms with Crippen LogP contribution in [0.25, 0.3) is 32.3 Å². The van der Waals surface area contributed by atoms with Crippen molar-refractivity contribution in [2.45, 2.75) is 0 Å².